The second-order valence-electron chi connectivity index (χ2n) is 4.09. The van der Waals surface area contributed by atoms with Crippen molar-refractivity contribution in [1.82, 2.24) is 9.88 Å². The van der Waals surface area contributed by atoms with Gasteiger partial charge in [0.15, 0.2) is 0 Å². The summed E-state index contributed by atoms with van der Waals surface area (Å²) in [5, 5.41) is 19.1. The molecule has 1 heterocycles. The summed E-state index contributed by atoms with van der Waals surface area (Å²) in [6.07, 6.45) is 2.69. The Morgan fingerprint density at radius 2 is 2.12 bits per heavy atom. The quantitative estimate of drug-likeness (QED) is 0.794. The van der Waals surface area contributed by atoms with Gasteiger partial charge in [0.1, 0.15) is 5.75 Å². The monoisotopic (exact) mass is 224 g/mol. The van der Waals surface area contributed by atoms with Crippen LogP contribution in [-0.4, -0.2) is 33.7 Å². The molecular formula is C12H20N2O2. The molecule has 0 saturated carbocycles. The van der Waals surface area contributed by atoms with Crippen molar-refractivity contribution < 1.29 is 10.2 Å². The van der Waals surface area contributed by atoms with Crippen molar-refractivity contribution >= 4 is 0 Å². The zero-order valence-electron chi connectivity index (χ0n) is 10.2. The number of hydrogen-bond donors (Lipinski definition) is 2. The summed E-state index contributed by atoms with van der Waals surface area (Å²) in [4.78, 5) is 6.15. The van der Waals surface area contributed by atoms with E-state index in [2.05, 4.69) is 16.8 Å². The molecule has 90 valence electrons. The standard InChI is InChI=1S/C12H20N2O2/c1-4-5-14(3)7-11-10(8-15)6-13-9(2)12(11)16/h6,15-16H,4-5,7-8H2,1-3H3. The molecule has 4 heteroatoms. The number of aliphatic hydroxyl groups is 1. The van der Waals surface area contributed by atoms with Gasteiger partial charge < -0.3 is 15.1 Å². The van der Waals surface area contributed by atoms with Crippen LogP contribution in [0, 0.1) is 6.92 Å². The lowest BCUT2D eigenvalue weighted by Gasteiger charge is -2.19. The van der Waals surface area contributed by atoms with Crippen LogP contribution in [0.5, 0.6) is 5.75 Å². The lowest BCUT2D eigenvalue weighted by atomic mass is 10.1. The summed E-state index contributed by atoms with van der Waals surface area (Å²) < 4.78 is 0. The third-order valence-corrected chi connectivity index (χ3v) is 2.63. The number of aryl methyl sites for hydroxylation is 1. The minimum Gasteiger partial charge on any atom is -0.506 e. The molecule has 0 aromatic carbocycles. The van der Waals surface area contributed by atoms with Crippen molar-refractivity contribution in [3.63, 3.8) is 0 Å². The molecule has 1 rings (SSSR count). The summed E-state index contributed by atoms with van der Waals surface area (Å²) in [5.74, 6) is 0.203. The zero-order chi connectivity index (χ0) is 12.1. The lowest BCUT2D eigenvalue weighted by molar-refractivity contribution is 0.271. The van der Waals surface area contributed by atoms with Crippen molar-refractivity contribution in [2.24, 2.45) is 0 Å². The molecule has 0 saturated heterocycles. The number of rotatable bonds is 5. The van der Waals surface area contributed by atoms with Gasteiger partial charge in [-0.05, 0) is 26.9 Å². The number of aliphatic hydroxyl groups excluding tert-OH is 1. The Morgan fingerprint density at radius 3 is 2.69 bits per heavy atom. The molecule has 0 radical (unpaired) electrons. The van der Waals surface area contributed by atoms with Gasteiger partial charge in [-0.25, -0.2) is 0 Å². The Hall–Kier alpha value is -1.13. The first-order chi connectivity index (χ1) is 7.60. The maximum atomic E-state index is 9.93. The molecule has 0 aliphatic rings. The van der Waals surface area contributed by atoms with Gasteiger partial charge in [-0.1, -0.05) is 6.92 Å². The Kier molecular flexibility index (Phi) is 4.71. The Bertz CT molecular complexity index is 353. The van der Waals surface area contributed by atoms with Gasteiger partial charge in [0.05, 0.1) is 12.3 Å². The fourth-order valence-electron chi connectivity index (χ4n) is 1.73. The molecule has 0 bridgehead atoms. The van der Waals surface area contributed by atoms with Crippen molar-refractivity contribution in [3.05, 3.63) is 23.0 Å². The largest absolute Gasteiger partial charge is 0.506 e. The molecule has 1 aromatic heterocycles. The van der Waals surface area contributed by atoms with Crippen LogP contribution in [0.2, 0.25) is 0 Å². The maximum absolute atomic E-state index is 9.93. The summed E-state index contributed by atoms with van der Waals surface area (Å²) >= 11 is 0. The van der Waals surface area contributed by atoms with Crippen LogP contribution in [0.1, 0.15) is 30.2 Å². The Balaban J connectivity index is 2.96. The topological polar surface area (TPSA) is 56.6 Å². The van der Waals surface area contributed by atoms with E-state index in [-0.39, 0.29) is 12.4 Å². The molecule has 0 aliphatic heterocycles. The predicted molar refractivity (Wildman–Crippen MR) is 63.2 cm³/mol. The van der Waals surface area contributed by atoms with Gasteiger partial charge in [0.25, 0.3) is 0 Å². The van der Waals surface area contributed by atoms with E-state index in [1.165, 1.54) is 0 Å². The minimum atomic E-state index is -0.0872. The van der Waals surface area contributed by atoms with Gasteiger partial charge >= 0.3 is 0 Å². The smallest absolute Gasteiger partial charge is 0.141 e. The highest BCUT2D eigenvalue weighted by molar-refractivity contribution is 5.40. The van der Waals surface area contributed by atoms with E-state index < -0.39 is 0 Å². The molecule has 1 aromatic rings. The average Bonchev–Trinajstić information content (AvgIpc) is 2.25. The first-order valence-corrected chi connectivity index (χ1v) is 5.55. The lowest BCUT2D eigenvalue weighted by Crippen LogP contribution is -2.19. The number of pyridine rings is 1. The van der Waals surface area contributed by atoms with Gasteiger partial charge in [-0.2, -0.15) is 0 Å². The van der Waals surface area contributed by atoms with E-state index in [0.717, 1.165) is 18.5 Å². The summed E-state index contributed by atoms with van der Waals surface area (Å²) in [7, 11) is 2.00. The fraction of sp³-hybridized carbons (Fsp3) is 0.583. The third-order valence-electron chi connectivity index (χ3n) is 2.63. The number of aromatic hydroxyl groups is 1. The molecular weight excluding hydrogens is 204 g/mol. The van der Waals surface area contributed by atoms with Crippen molar-refractivity contribution in [1.29, 1.82) is 0 Å². The van der Waals surface area contributed by atoms with Crippen LogP contribution in [0.25, 0.3) is 0 Å². The highest BCUT2D eigenvalue weighted by Gasteiger charge is 2.12. The van der Waals surface area contributed by atoms with Crippen molar-refractivity contribution in [2.45, 2.75) is 33.4 Å². The van der Waals surface area contributed by atoms with Crippen molar-refractivity contribution in [2.75, 3.05) is 13.6 Å². The highest BCUT2D eigenvalue weighted by Crippen LogP contribution is 2.24. The summed E-state index contributed by atoms with van der Waals surface area (Å²) in [5.41, 5.74) is 2.09. The molecule has 0 fully saturated rings. The number of aromatic nitrogens is 1. The summed E-state index contributed by atoms with van der Waals surface area (Å²) in [6, 6.07) is 0. The Morgan fingerprint density at radius 1 is 1.44 bits per heavy atom. The second kappa shape index (κ2) is 5.82. The van der Waals surface area contributed by atoms with E-state index in [9.17, 15) is 10.2 Å². The first kappa shape index (κ1) is 12.9. The highest BCUT2D eigenvalue weighted by atomic mass is 16.3. The molecule has 0 atom stereocenters. The van der Waals surface area contributed by atoms with E-state index in [4.69, 9.17) is 0 Å². The summed E-state index contributed by atoms with van der Waals surface area (Å²) in [6.45, 7) is 5.39. The fourth-order valence-corrected chi connectivity index (χ4v) is 1.73. The molecule has 0 unspecified atom stereocenters. The minimum absolute atomic E-state index is 0.0872. The van der Waals surface area contributed by atoms with Crippen LogP contribution in [0.3, 0.4) is 0 Å². The van der Waals surface area contributed by atoms with Crippen LogP contribution in [0.4, 0.5) is 0 Å². The normalized spacial score (nSPS) is 11.1. The SMILES string of the molecule is CCCN(C)Cc1c(CO)cnc(C)c1O. The van der Waals surface area contributed by atoms with E-state index in [0.29, 0.717) is 17.8 Å². The van der Waals surface area contributed by atoms with Crippen molar-refractivity contribution in [3.8, 4) is 5.75 Å². The van der Waals surface area contributed by atoms with Crippen LogP contribution < -0.4 is 0 Å². The van der Waals surface area contributed by atoms with Gasteiger partial charge in [0.2, 0.25) is 0 Å². The van der Waals surface area contributed by atoms with Crippen LogP contribution in [0.15, 0.2) is 6.20 Å². The maximum Gasteiger partial charge on any atom is 0.141 e. The van der Waals surface area contributed by atoms with E-state index >= 15 is 0 Å². The third kappa shape index (κ3) is 2.93. The van der Waals surface area contributed by atoms with Gasteiger partial charge in [-0.15, -0.1) is 0 Å². The average molecular weight is 224 g/mol. The molecule has 0 aliphatic carbocycles. The number of nitrogens with zero attached hydrogens (tertiary/aromatic N) is 2. The molecule has 2 N–H and O–H groups in total. The van der Waals surface area contributed by atoms with Crippen LogP contribution >= 0.6 is 0 Å². The van der Waals surface area contributed by atoms with Crippen LogP contribution in [-0.2, 0) is 13.2 Å². The Labute approximate surface area is 96.6 Å². The molecule has 16 heavy (non-hydrogen) atoms. The molecule has 4 nitrogen and oxygen atoms in total. The molecule has 0 spiro atoms. The predicted octanol–water partition coefficient (Wildman–Crippen LogP) is 1.43. The van der Waals surface area contributed by atoms with E-state index in [1.54, 1.807) is 13.1 Å². The van der Waals surface area contributed by atoms with Gasteiger partial charge in [0, 0.05) is 23.9 Å². The molecule has 0 amide bonds. The number of hydrogen-bond acceptors (Lipinski definition) is 4. The first-order valence-electron chi connectivity index (χ1n) is 5.55. The second-order valence-corrected chi connectivity index (χ2v) is 4.09. The zero-order valence-corrected chi connectivity index (χ0v) is 10.2. The van der Waals surface area contributed by atoms with E-state index in [1.807, 2.05) is 7.05 Å². The van der Waals surface area contributed by atoms with Gasteiger partial charge in [-0.3, -0.25) is 4.98 Å².